The van der Waals surface area contributed by atoms with Gasteiger partial charge < -0.3 is 20.3 Å². The van der Waals surface area contributed by atoms with Crippen LogP contribution in [0.25, 0.3) is 0 Å². The van der Waals surface area contributed by atoms with E-state index in [0.29, 0.717) is 13.2 Å². The van der Waals surface area contributed by atoms with Gasteiger partial charge in [0.15, 0.2) is 0 Å². The van der Waals surface area contributed by atoms with E-state index in [4.69, 9.17) is 4.74 Å². The summed E-state index contributed by atoms with van der Waals surface area (Å²) in [5, 5.41) is 6.10. The van der Waals surface area contributed by atoms with Crippen LogP contribution in [0.1, 0.15) is 12.8 Å². The first-order valence-corrected chi connectivity index (χ1v) is 6.17. The minimum Gasteiger partial charge on any atom is -0.378 e. The highest BCUT2D eigenvalue weighted by Crippen LogP contribution is 2.05. The molecule has 2 N–H and O–H groups in total. The first kappa shape index (κ1) is 17.9. The Morgan fingerprint density at radius 2 is 2.06 bits per heavy atom. The van der Waals surface area contributed by atoms with E-state index < -0.39 is 0 Å². The van der Waals surface area contributed by atoms with Gasteiger partial charge >= 0.3 is 0 Å². The second-order valence-electron chi connectivity index (χ2n) is 4.42. The number of hydrogen-bond acceptors (Lipinski definition) is 4. The number of carbonyl (C=O) groups excluding carboxylic acids is 1. The lowest BCUT2D eigenvalue weighted by molar-refractivity contribution is -0.125. The summed E-state index contributed by atoms with van der Waals surface area (Å²) in [5.74, 6) is 0.0684. The van der Waals surface area contributed by atoms with Crippen LogP contribution >= 0.6 is 24.8 Å². The fourth-order valence-corrected chi connectivity index (χ4v) is 2.20. The molecule has 0 saturated carbocycles. The Labute approximate surface area is 121 Å². The number of ether oxygens (including phenoxy) is 1. The lowest BCUT2D eigenvalue weighted by atomic mass is 10.2. The number of rotatable bonds is 4. The highest BCUT2D eigenvalue weighted by atomic mass is 35.5. The molecule has 18 heavy (non-hydrogen) atoms. The van der Waals surface area contributed by atoms with Crippen LogP contribution in [0.15, 0.2) is 0 Å². The van der Waals surface area contributed by atoms with Gasteiger partial charge in [-0.05, 0) is 25.9 Å². The normalized spacial score (nSPS) is 23.9. The Bertz CT molecular complexity index is 232. The molecule has 2 aliphatic rings. The lowest BCUT2D eigenvalue weighted by Crippen LogP contribution is -2.52. The van der Waals surface area contributed by atoms with Gasteiger partial charge in [0.25, 0.3) is 0 Å². The predicted molar refractivity (Wildman–Crippen MR) is 75.8 cm³/mol. The number of nitrogens with one attached hydrogen (secondary N) is 2. The molecule has 7 heteroatoms. The van der Waals surface area contributed by atoms with E-state index in [1.165, 1.54) is 25.9 Å². The zero-order valence-electron chi connectivity index (χ0n) is 10.5. The first-order chi connectivity index (χ1) is 7.86. The van der Waals surface area contributed by atoms with Crippen LogP contribution in [0.4, 0.5) is 0 Å². The van der Waals surface area contributed by atoms with Gasteiger partial charge in [-0.3, -0.25) is 4.79 Å². The number of morpholine rings is 1. The van der Waals surface area contributed by atoms with Crippen LogP contribution in [0, 0.1) is 0 Å². The molecule has 0 bridgehead atoms. The lowest BCUT2D eigenvalue weighted by Gasteiger charge is -2.23. The van der Waals surface area contributed by atoms with Crippen molar-refractivity contribution in [2.75, 3.05) is 45.9 Å². The van der Waals surface area contributed by atoms with Crippen molar-refractivity contribution < 1.29 is 9.53 Å². The smallest absolute Gasteiger partial charge is 0.239 e. The number of carbonyl (C=O) groups is 1. The van der Waals surface area contributed by atoms with Gasteiger partial charge in [-0.1, -0.05) is 0 Å². The number of halogens is 2. The average Bonchev–Trinajstić information content (AvgIpc) is 2.83. The van der Waals surface area contributed by atoms with E-state index in [2.05, 4.69) is 15.5 Å². The van der Waals surface area contributed by atoms with Crippen molar-refractivity contribution in [1.29, 1.82) is 0 Å². The first-order valence-electron chi connectivity index (χ1n) is 6.17. The third kappa shape index (κ3) is 5.71. The molecule has 1 atom stereocenters. The largest absolute Gasteiger partial charge is 0.378 e. The molecular formula is C11H23Cl2N3O2. The van der Waals surface area contributed by atoms with Crippen LogP contribution in [0.5, 0.6) is 0 Å². The van der Waals surface area contributed by atoms with Crippen LogP contribution in [-0.2, 0) is 9.53 Å². The van der Waals surface area contributed by atoms with E-state index in [-0.39, 0.29) is 36.8 Å². The maximum atomic E-state index is 11.7. The summed E-state index contributed by atoms with van der Waals surface area (Å²) in [6.07, 6.45) is 2.60. The highest BCUT2D eigenvalue weighted by molar-refractivity contribution is 5.85. The molecule has 2 aliphatic heterocycles. The topological polar surface area (TPSA) is 53.6 Å². The quantitative estimate of drug-likeness (QED) is 0.769. The Balaban J connectivity index is 0.00000144. The Hall–Kier alpha value is -0.0700. The second-order valence-corrected chi connectivity index (χ2v) is 4.42. The molecule has 5 nitrogen and oxygen atoms in total. The molecule has 0 spiro atoms. The molecule has 2 fully saturated rings. The summed E-state index contributed by atoms with van der Waals surface area (Å²) in [4.78, 5) is 14.1. The second kappa shape index (κ2) is 9.81. The molecule has 0 radical (unpaired) electrons. The van der Waals surface area contributed by atoms with Gasteiger partial charge in [0, 0.05) is 19.6 Å². The fourth-order valence-electron chi connectivity index (χ4n) is 2.20. The number of hydrogen-bond donors (Lipinski definition) is 2. The van der Waals surface area contributed by atoms with E-state index in [0.717, 1.165) is 19.6 Å². The Kier molecular flexibility index (Phi) is 9.77. The van der Waals surface area contributed by atoms with Crippen LogP contribution in [0.3, 0.4) is 0 Å². The predicted octanol–water partition coefficient (Wildman–Crippen LogP) is 0.0304. The molecule has 2 rings (SSSR count). The molecule has 0 aromatic carbocycles. The van der Waals surface area contributed by atoms with Crippen molar-refractivity contribution in [2.45, 2.75) is 18.9 Å². The summed E-state index contributed by atoms with van der Waals surface area (Å²) < 4.78 is 5.25. The van der Waals surface area contributed by atoms with Crippen LogP contribution in [-0.4, -0.2) is 62.8 Å². The van der Waals surface area contributed by atoms with Crippen molar-refractivity contribution in [3.8, 4) is 0 Å². The highest BCUT2D eigenvalue weighted by Gasteiger charge is 2.20. The zero-order valence-corrected chi connectivity index (χ0v) is 12.2. The third-order valence-electron chi connectivity index (χ3n) is 3.16. The Morgan fingerprint density at radius 3 is 2.67 bits per heavy atom. The van der Waals surface area contributed by atoms with Gasteiger partial charge in [-0.25, -0.2) is 0 Å². The van der Waals surface area contributed by atoms with Gasteiger partial charge in [-0.15, -0.1) is 24.8 Å². The molecule has 0 aliphatic carbocycles. The maximum Gasteiger partial charge on any atom is 0.239 e. The van der Waals surface area contributed by atoms with E-state index in [1.54, 1.807) is 0 Å². The van der Waals surface area contributed by atoms with Crippen molar-refractivity contribution >= 4 is 30.7 Å². The summed E-state index contributed by atoms with van der Waals surface area (Å²) in [6.45, 7) is 6.05. The summed E-state index contributed by atoms with van der Waals surface area (Å²) in [7, 11) is 0. The summed E-state index contributed by atoms with van der Waals surface area (Å²) in [5.41, 5.74) is 0. The van der Waals surface area contributed by atoms with Crippen molar-refractivity contribution in [1.82, 2.24) is 15.5 Å². The van der Waals surface area contributed by atoms with Gasteiger partial charge in [0.1, 0.15) is 6.04 Å². The molecule has 0 aromatic rings. The number of likely N-dealkylation sites (tertiary alicyclic amines) is 1. The third-order valence-corrected chi connectivity index (χ3v) is 3.16. The monoisotopic (exact) mass is 299 g/mol. The van der Waals surface area contributed by atoms with Crippen molar-refractivity contribution in [3.63, 3.8) is 0 Å². The van der Waals surface area contributed by atoms with Crippen molar-refractivity contribution in [3.05, 3.63) is 0 Å². The minimum absolute atomic E-state index is 0. The SMILES string of the molecule is Cl.Cl.O=C(NCCN1CCCC1)C1COCCN1. The van der Waals surface area contributed by atoms with Gasteiger partial charge in [-0.2, -0.15) is 0 Å². The summed E-state index contributed by atoms with van der Waals surface area (Å²) >= 11 is 0. The van der Waals surface area contributed by atoms with E-state index >= 15 is 0 Å². The van der Waals surface area contributed by atoms with Crippen LogP contribution in [0.2, 0.25) is 0 Å². The Morgan fingerprint density at radius 1 is 1.33 bits per heavy atom. The molecule has 1 unspecified atom stereocenters. The molecule has 1 amide bonds. The standard InChI is InChI=1S/C11H21N3O2.2ClH/c15-11(10-9-16-8-4-12-10)13-3-7-14-5-1-2-6-14;;/h10,12H,1-9H2,(H,13,15);2*1H. The van der Waals surface area contributed by atoms with Gasteiger partial charge in [0.05, 0.1) is 13.2 Å². The minimum atomic E-state index is -0.160. The molecule has 2 heterocycles. The van der Waals surface area contributed by atoms with Crippen LogP contribution < -0.4 is 10.6 Å². The van der Waals surface area contributed by atoms with E-state index in [9.17, 15) is 4.79 Å². The zero-order chi connectivity index (χ0) is 11.2. The molecular weight excluding hydrogens is 277 g/mol. The number of nitrogens with zero attached hydrogens (tertiary/aromatic N) is 1. The fraction of sp³-hybridized carbons (Fsp3) is 0.909. The molecule has 0 aromatic heterocycles. The molecule has 108 valence electrons. The maximum absolute atomic E-state index is 11.7. The summed E-state index contributed by atoms with van der Waals surface area (Å²) in [6, 6.07) is -0.160. The average molecular weight is 300 g/mol. The number of amides is 1. The van der Waals surface area contributed by atoms with E-state index in [1.807, 2.05) is 0 Å². The van der Waals surface area contributed by atoms with Gasteiger partial charge in [0.2, 0.25) is 5.91 Å². The molecule has 2 saturated heterocycles. The van der Waals surface area contributed by atoms with Crippen molar-refractivity contribution in [2.24, 2.45) is 0 Å².